The van der Waals surface area contributed by atoms with Gasteiger partial charge in [-0.2, -0.15) is 5.10 Å². The van der Waals surface area contributed by atoms with E-state index in [-0.39, 0.29) is 18.3 Å². The van der Waals surface area contributed by atoms with Gasteiger partial charge in [-0.15, -0.1) is 0 Å². The number of hydrogen-bond donors (Lipinski definition) is 4. The normalized spacial score (nSPS) is 16.0. The Morgan fingerprint density at radius 1 is 1.18 bits per heavy atom. The molecule has 1 heterocycles. The van der Waals surface area contributed by atoms with Gasteiger partial charge in [-0.05, 0) is 63.6 Å². The highest BCUT2D eigenvalue weighted by atomic mass is 35.5. The Bertz CT molecular complexity index is 1250. The summed E-state index contributed by atoms with van der Waals surface area (Å²) in [4.78, 5) is 24.5. The summed E-state index contributed by atoms with van der Waals surface area (Å²) in [6.45, 7) is 7.44. The maximum absolute atomic E-state index is 12.4. The number of aliphatic hydroxyl groups excluding tert-OH is 1. The van der Waals surface area contributed by atoms with Crippen molar-refractivity contribution in [3.63, 3.8) is 0 Å². The summed E-state index contributed by atoms with van der Waals surface area (Å²) in [7, 11) is 1.27. The number of carbonyl (C=O) groups excluding carboxylic acids is 2. The van der Waals surface area contributed by atoms with E-state index in [4.69, 9.17) is 30.5 Å². The van der Waals surface area contributed by atoms with Crippen molar-refractivity contribution in [3.05, 3.63) is 63.8 Å². The Morgan fingerprint density at radius 2 is 1.92 bits per heavy atom. The van der Waals surface area contributed by atoms with Crippen LogP contribution >= 0.6 is 11.6 Å². The molecule has 39 heavy (non-hydrogen) atoms. The zero-order valence-corrected chi connectivity index (χ0v) is 23.2. The minimum absolute atomic E-state index is 0.0330. The zero-order valence-electron chi connectivity index (χ0n) is 22.4. The minimum Gasteiger partial charge on any atom is -0.490 e. The Labute approximate surface area is 232 Å². The lowest BCUT2D eigenvalue weighted by Gasteiger charge is -2.28. The average Bonchev–Trinajstić information content (AvgIpc) is 2.88. The van der Waals surface area contributed by atoms with Crippen LogP contribution in [0.25, 0.3) is 0 Å². The maximum atomic E-state index is 12.4. The van der Waals surface area contributed by atoms with E-state index in [1.807, 2.05) is 20.8 Å². The van der Waals surface area contributed by atoms with Crippen molar-refractivity contribution in [2.75, 3.05) is 20.3 Å². The van der Waals surface area contributed by atoms with Crippen LogP contribution in [0.5, 0.6) is 17.2 Å². The fourth-order valence-electron chi connectivity index (χ4n) is 3.80. The maximum Gasteiger partial charge on any atom is 0.337 e. The Hall–Kier alpha value is -3.96. The molecule has 1 aliphatic heterocycles. The van der Waals surface area contributed by atoms with Crippen LogP contribution in [0.3, 0.4) is 0 Å². The van der Waals surface area contributed by atoms with Crippen LogP contribution in [-0.4, -0.2) is 56.0 Å². The molecule has 1 aliphatic rings. The number of nitrogens with one attached hydrogen (secondary N) is 3. The van der Waals surface area contributed by atoms with Gasteiger partial charge in [0.25, 0.3) is 0 Å². The molecule has 0 radical (unpaired) electrons. The first-order valence-electron chi connectivity index (χ1n) is 12.3. The topological polar surface area (TPSA) is 140 Å². The van der Waals surface area contributed by atoms with E-state index in [9.17, 15) is 14.7 Å². The van der Waals surface area contributed by atoms with Crippen LogP contribution in [0.4, 0.5) is 4.79 Å². The fraction of sp³-hybridized carbons (Fsp3) is 0.370. The number of hydrogen-bond acceptors (Lipinski definition) is 9. The highest BCUT2D eigenvalue weighted by Gasteiger charge is 2.32. The summed E-state index contributed by atoms with van der Waals surface area (Å²) in [6, 6.07) is 8.97. The molecule has 0 unspecified atom stereocenters. The smallest absolute Gasteiger partial charge is 0.337 e. The monoisotopic (exact) mass is 560 g/mol. The third-order valence-corrected chi connectivity index (χ3v) is 5.67. The summed E-state index contributed by atoms with van der Waals surface area (Å²) >= 11 is 6.09. The van der Waals surface area contributed by atoms with Crippen LogP contribution in [-0.2, 0) is 9.53 Å². The number of amides is 2. The Kier molecular flexibility index (Phi) is 10.4. The number of aliphatic hydroxyl groups is 1. The summed E-state index contributed by atoms with van der Waals surface area (Å²) in [5, 5.41) is 20.3. The van der Waals surface area contributed by atoms with Crippen molar-refractivity contribution in [2.24, 2.45) is 5.10 Å². The number of rotatable bonds is 12. The highest BCUT2D eigenvalue weighted by Crippen LogP contribution is 2.35. The van der Waals surface area contributed by atoms with Crippen LogP contribution in [0.15, 0.2) is 52.8 Å². The quantitative estimate of drug-likeness (QED) is 0.133. The molecule has 0 fully saturated rings. The third kappa shape index (κ3) is 8.01. The van der Waals surface area contributed by atoms with E-state index in [1.54, 1.807) is 43.3 Å². The van der Waals surface area contributed by atoms with E-state index in [0.29, 0.717) is 45.7 Å². The van der Waals surface area contributed by atoms with Crippen LogP contribution in [0.1, 0.15) is 44.9 Å². The predicted molar refractivity (Wildman–Crippen MR) is 146 cm³/mol. The van der Waals surface area contributed by atoms with Crippen molar-refractivity contribution < 1.29 is 33.6 Å². The van der Waals surface area contributed by atoms with E-state index in [2.05, 4.69) is 21.2 Å². The highest BCUT2D eigenvalue weighted by molar-refractivity contribution is 6.30. The number of halogens is 1. The standard InChI is InChI=1S/C27H33ClN4O7/c1-6-37-22-12-17(25-24(26(34)36-5)16(4)30-27(35)31-25)7-9-21(22)38-14-23(33)32-29-13-18-11-19(28)8-10-20(18)39-15(2)3/h7-13,15,23,25,32-33H,6,14H2,1-5H3,(H2,30,31,35)/b29-13+/t23-,25+/m0/s1. The Morgan fingerprint density at radius 3 is 2.62 bits per heavy atom. The molecule has 0 aromatic heterocycles. The second-order valence-corrected chi connectivity index (χ2v) is 9.20. The lowest BCUT2D eigenvalue weighted by molar-refractivity contribution is -0.136. The number of ether oxygens (including phenoxy) is 4. The van der Waals surface area contributed by atoms with Crippen LogP contribution in [0.2, 0.25) is 5.02 Å². The molecule has 0 saturated heterocycles. The van der Waals surface area contributed by atoms with Gasteiger partial charge in [0, 0.05) is 16.3 Å². The molecule has 0 bridgehead atoms. The van der Waals surface area contributed by atoms with Gasteiger partial charge in [-0.25, -0.2) is 9.59 Å². The van der Waals surface area contributed by atoms with Gasteiger partial charge >= 0.3 is 12.0 Å². The minimum atomic E-state index is -1.15. The molecular weight excluding hydrogens is 528 g/mol. The number of nitrogens with zero attached hydrogens (tertiary/aromatic N) is 1. The van der Waals surface area contributed by atoms with Crippen molar-refractivity contribution in [1.29, 1.82) is 0 Å². The zero-order chi connectivity index (χ0) is 28.5. The lowest BCUT2D eigenvalue weighted by atomic mass is 9.95. The SMILES string of the molecule is CCOc1cc([C@H]2NC(=O)NC(C)=C2C(=O)OC)ccc1OC[C@H](O)N/N=C/c1cc(Cl)ccc1OC(C)C. The predicted octanol–water partition coefficient (Wildman–Crippen LogP) is 3.65. The molecule has 0 spiro atoms. The van der Waals surface area contributed by atoms with Crippen molar-refractivity contribution >= 4 is 29.8 Å². The van der Waals surface area contributed by atoms with Gasteiger partial charge in [0.1, 0.15) is 12.4 Å². The molecule has 2 amide bonds. The summed E-state index contributed by atoms with van der Waals surface area (Å²) in [5.74, 6) is 0.763. The summed E-state index contributed by atoms with van der Waals surface area (Å²) in [6.07, 6.45) is 0.313. The first kappa shape index (κ1) is 29.6. The molecule has 3 rings (SSSR count). The summed E-state index contributed by atoms with van der Waals surface area (Å²) < 4.78 is 22.2. The first-order valence-corrected chi connectivity index (χ1v) is 12.7. The Balaban J connectivity index is 1.71. The van der Waals surface area contributed by atoms with E-state index in [1.165, 1.54) is 13.3 Å². The number of urea groups is 1. The van der Waals surface area contributed by atoms with Gasteiger partial charge in [0.15, 0.2) is 17.7 Å². The molecule has 11 nitrogen and oxygen atoms in total. The molecule has 4 N–H and O–H groups in total. The van der Waals surface area contributed by atoms with Crippen LogP contribution < -0.4 is 30.3 Å². The number of allylic oxidation sites excluding steroid dienone is 1. The molecule has 2 atom stereocenters. The van der Waals surface area contributed by atoms with Crippen LogP contribution in [0, 0.1) is 0 Å². The van der Waals surface area contributed by atoms with Gasteiger partial charge < -0.3 is 34.7 Å². The second-order valence-electron chi connectivity index (χ2n) is 8.76. The molecule has 0 aliphatic carbocycles. The number of hydrazone groups is 1. The lowest BCUT2D eigenvalue weighted by Crippen LogP contribution is -2.45. The van der Waals surface area contributed by atoms with E-state index >= 15 is 0 Å². The molecule has 210 valence electrons. The molecular formula is C27H33ClN4O7. The van der Waals surface area contributed by atoms with Gasteiger partial charge in [0.05, 0.1) is 37.7 Å². The first-order chi connectivity index (χ1) is 18.6. The van der Waals surface area contributed by atoms with Gasteiger partial charge in [-0.1, -0.05) is 17.7 Å². The average molecular weight is 561 g/mol. The molecule has 2 aromatic carbocycles. The van der Waals surface area contributed by atoms with E-state index in [0.717, 1.165) is 0 Å². The molecule has 12 heteroatoms. The number of esters is 1. The number of benzene rings is 2. The molecule has 0 saturated carbocycles. The van der Waals surface area contributed by atoms with Crippen molar-refractivity contribution in [3.8, 4) is 17.2 Å². The second kappa shape index (κ2) is 13.7. The van der Waals surface area contributed by atoms with Crippen molar-refractivity contribution in [2.45, 2.75) is 46.1 Å². The largest absolute Gasteiger partial charge is 0.490 e. The fourth-order valence-corrected chi connectivity index (χ4v) is 3.98. The summed E-state index contributed by atoms with van der Waals surface area (Å²) in [5.41, 5.74) is 4.50. The van der Waals surface area contributed by atoms with Crippen molar-refractivity contribution in [1.82, 2.24) is 16.1 Å². The van der Waals surface area contributed by atoms with Gasteiger partial charge in [-0.3, -0.25) is 5.43 Å². The molecule has 2 aromatic rings. The van der Waals surface area contributed by atoms with Gasteiger partial charge in [0.2, 0.25) is 0 Å². The number of carbonyl (C=O) groups is 2. The van der Waals surface area contributed by atoms with E-state index < -0.39 is 24.3 Å². The third-order valence-electron chi connectivity index (χ3n) is 5.43. The number of methoxy groups -OCH3 is 1.